The molecule has 0 radical (unpaired) electrons. The third-order valence-electron chi connectivity index (χ3n) is 2.68. The molecule has 0 aromatic rings. The molecule has 0 aliphatic carbocycles. The number of rotatable bonds is 2. The minimum Gasteiger partial charge on any atom is -0.311 e. The van der Waals surface area contributed by atoms with Gasteiger partial charge in [-0.25, -0.2) is 0 Å². The summed E-state index contributed by atoms with van der Waals surface area (Å²) in [6, 6.07) is 0.766. The molecule has 0 aromatic carbocycles. The molecule has 2 heterocycles. The van der Waals surface area contributed by atoms with Crippen LogP contribution in [0.2, 0.25) is 0 Å². The van der Waals surface area contributed by atoms with E-state index in [-0.39, 0.29) is 12.4 Å². The largest absolute Gasteiger partial charge is 0.311 e. The number of hydrogen-bond acceptors (Lipinski definition) is 3. The molecule has 1 N–H and O–H groups in total. The normalized spacial score (nSPS) is 30.0. The van der Waals surface area contributed by atoms with Crippen LogP contribution in [0.3, 0.4) is 0 Å². The van der Waals surface area contributed by atoms with Crippen LogP contribution in [0.25, 0.3) is 0 Å². The van der Waals surface area contributed by atoms with Gasteiger partial charge in [0.05, 0.1) is 0 Å². The monoisotopic (exact) mass is 222 g/mol. The lowest BCUT2D eigenvalue weighted by atomic mass is 10.3. The maximum Gasteiger partial charge on any atom is 0.0285 e. The fourth-order valence-corrected chi connectivity index (χ4v) is 2.95. The Balaban J connectivity index is 0.000000845. The molecule has 2 nitrogen and oxygen atoms in total. The molecular weight excluding hydrogens is 204 g/mol. The van der Waals surface area contributed by atoms with E-state index >= 15 is 0 Å². The Morgan fingerprint density at radius 2 is 2.08 bits per heavy atom. The number of likely N-dealkylation sites (tertiary alicyclic amines) is 1. The highest BCUT2D eigenvalue weighted by Gasteiger charge is 2.18. The zero-order valence-corrected chi connectivity index (χ0v) is 9.63. The Morgan fingerprint density at radius 1 is 1.31 bits per heavy atom. The van der Waals surface area contributed by atoms with E-state index in [0.29, 0.717) is 0 Å². The van der Waals surface area contributed by atoms with Crippen molar-refractivity contribution < 1.29 is 0 Å². The second-order valence-electron chi connectivity index (χ2n) is 3.73. The van der Waals surface area contributed by atoms with Crippen molar-refractivity contribution in [1.29, 1.82) is 0 Å². The Bertz CT molecular complexity index is 134. The van der Waals surface area contributed by atoms with E-state index in [0.717, 1.165) is 6.04 Å². The molecular formula is C9H19ClN2S. The summed E-state index contributed by atoms with van der Waals surface area (Å²) in [5.74, 6) is 2.62. The van der Waals surface area contributed by atoms with Gasteiger partial charge in [-0.2, -0.15) is 11.8 Å². The van der Waals surface area contributed by atoms with E-state index in [1.807, 2.05) is 0 Å². The van der Waals surface area contributed by atoms with Gasteiger partial charge in [0.25, 0.3) is 0 Å². The van der Waals surface area contributed by atoms with Gasteiger partial charge in [-0.3, -0.25) is 0 Å². The molecule has 78 valence electrons. The first-order chi connectivity index (χ1) is 5.95. The van der Waals surface area contributed by atoms with Gasteiger partial charge >= 0.3 is 0 Å². The number of halogens is 1. The van der Waals surface area contributed by atoms with Gasteiger partial charge in [-0.05, 0) is 25.9 Å². The zero-order valence-electron chi connectivity index (χ0n) is 8.00. The van der Waals surface area contributed by atoms with Crippen molar-refractivity contribution >= 4 is 24.2 Å². The number of nitrogens with zero attached hydrogens (tertiary/aromatic N) is 1. The summed E-state index contributed by atoms with van der Waals surface area (Å²) in [6.07, 6.45) is 2.83. The molecule has 13 heavy (non-hydrogen) atoms. The molecule has 2 rings (SSSR count). The predicted octanol–water partition coefficient (Wildman–Crippen LogP) is 1.21. The van der Waals surface area contributed by atoms with Crippen molar-refractivity contribution in [3.05, 3.63) is 0 Å². The second-order valence-corrected chi connectivity index (χ2v) is 4.88. The van der Waals surface area contributed by atoms with Crippen molar-refractivity contribution in [2.24, 2.45) is 0 Å². The third-order valence-corrected chi connectivity index (χ3v) is 3.81. The molecule has 0 amide bonds. The van der Waals surface area contributed by atoms with Crippen LogP contribution in [-0.2, 0) is 0 Å². The predicted molar refractivity (Wildman–Crippen MR) is 62.0 cm³/mol. The first-order valence-corrected chi connectivity index (χ1v) is 6.14. The molecule has 0 saturated carbocycles. The van der Waals surface area contributed by atoms with Crippen LogP contribution in [0.4, 0.5) is 0 Å². The lowest BCUT2D eigenvalue weighted by molar-refractivity contribution is 0.301. The van der Waals surface area contributed by atoms with Crippen molar-refractivity contribution in [2.45, 2.75) is 18.9 Å². The quantitative estimate of drug-likeness (QED) is 0.756. The standard InChI is InChI=1S/C9H18N2S.ClH/c1-2-5-11(4-1)7-9-8-12-6-3-10-9;/h9-10H,1-8H2;1H. The first-order valence-electron chi connectivity index (χ1n) is 4.98. The van der Waals surface area contributed by atoms with Gasteiger partial charge in [0.15, 0.2) is 0 Å². The van der Waals surface area contributed by atoms with Crippen LogP contribution < -0.4 is 5.32 Å². The van der Waals surface area contributed by atoms with E-state index in [1.165, 1.54) is 50.5 Å². The maximum atomic E-state index is 3.58. The zero-order chi connectivity index (χ0) is 8.23. The molecule has 2 aliphatic rings. The summed E-state index contributed by atoms with van der Waals surface area (Å²) >= 11 is 2.10. The highest BCUT2D eigenvalue weighted by atomic mass is 35.5. The molecule has 0 bridgehead atoms. The minimum absolute atomic E-state index is 0. The highest BCUT2D eigenvalue weighted by Crippen LogP contribution is 2.12. The summed E-state index contributed by atoms with van der Waals surface area (Å²) in [5, 5.41) is 3.58. The molecule has 0 aromatic heterocycles. The number of nitrogens with one attached hydrogen (secondary N) is 1. The SMILES string of the molecule is C1CCN(CC2CSCCN2)C1.Cl. The first kappa shape index (κ1) is 11.6. The van der Waals surface area contributed by atoms with E-state index in [9.17, 15) is 0 Å². The van der Waals surface area contributed by atoms with Crippen LogP contribution in [-0.4, -0.2) is 48.6 Å². The molecule has 1 atom stereocenters. The average Bonchev–Trinajstić information content (AvgIpc) is 2.59. The maximum absolute atomic E-state index is 3.58. The minimum atomic E-state index is 0. The summed E-state index contributed by atoms with van der Waals surface area (Å²) in [4.78, 5) is 2.60. The van der Waals surface area contributed by atoms with E-state index in [1.54, 1.807) is 0 Å². The van der Waals surface area contributed by atoms with Crippen LogP contribution >= 0.6 is 24.2 Å². The van der Waals surface area contributed by atoms with Gasteiger partial charge in [-0.15, -0.1) is 12.4 Å². The summed E-state index contributed by atoms with van der Waals surface area (Å²) in [5.41, 5.74) is 0. The van der Waals surface area contributed by atoms with Gasteiger partial charge in [0, 0.05) is 30.6 Å². The van der Waals surface area contributed by atoms with Crippen LogP contribution in [0.1, 0.15) is 12.8 Å². The molecule has 2 aliphatic heterocycles. The molecule has 2 saturated heterocycles. The Kier molecular flexibility index (Phi) is 5.48. The number of thioether (sulfide) groups is 1. The Hall–Kier alpha value is 0.560. The van der Waals surface area contributed by atoms with Gasteiger partial charge in [-0.1, -0.05) is 0 Å². The highest BCUT2D eigenvalue weighted by molar-refractivity contribution is 7.99. The third kappa shape index (κ3) is 3.66. The smallest absolute Gasteiger partial charge is 0.0285 e. The van der Waals surface area contributed by atoms with Crippen LogP contribution in [0.15, 0.2) is 0 Å². The molecule has 1 unspecified atom stereocenters. The summed E-state index contributed by atoms with van der Waals surface area (Å²) in [6.45, 7) is 5.17. The molecule has 2 fully saturated rings. The fourth-order valence-electron chi connectivity index (χ4n) is 2.01. The fraction of sp³-hybridized carbons (Fsp3) is 1.00. The van der Waals surface area contributed by atoms with Crippen molar-refractivity contribution in [3.63, 3.8) is 0 Å². The molecule has 4 heteroatoms. The summed E-state index contributed by atoms with van der Waals surface area (Å²) in [7, 11) is 0. The Labute approximate surface area is 91.2 Å². The van der Waals surface area contributed by atoms with E-state index < -0.39 is 0 Å². The van der Waals surface area contributed by atoms with Gasteiger partial charge in [0.2, 0.25) is 0 Å². The summed E-state index contributed by atoms with van der Waals surface area (Å²) < 4.78 is 0. The van der Waals surface area contributed by atoms with Gasteiger partial charge < -0.3 is 10.2 Å². The topological polar surface area (TPSA) is 15.3 Å². The van der Waals surface area contributed by atoms with Crippen molar-refractivity contribution in [2.75, 3.05) is 37.7 Å². The lowest BCUT2D eigenvalue weighted by Gasteiger charge is -2.27. The lowest BCUT2D eigenvalue weighted by Crippen LogP contribution is -2.45. The average molecular weight is 223 g/mol. The van der Waals surface area contributed by atoms with E-state index in [4.69, 9.17) is 0 Å². The van der Waals surface area contributed by atoms with Crippen molar-refractivity contribution in [3.8, 4) is 0 Å². The Morgan fingerprint density at radius 3 is 2.69 bits per heavy atom. The van der Waals surface area contributed by atoms with Crippen molar-refractivity contribution in [1.82, 2.24) is 10.2 Å². The van der Waals surface area contributed by atoms with Crippen LogP contribution in [0.5, 0.6) is 0 Å². The second kappa shape index (κ2) is 6.12. The van der Waals surface area contributed by atoms with Crippen LogP contribution in [0, 0.1) is 0 Å². The van der Waals surface area contributed by atoms with E-state index in [2.05, 4.69) is 22.0 Å². The van der Waals surface area contributed by atoms with Gasteiger partial charge in [0.1, 0.15) is 0 Å². The number of hydrogen-bond donors (Lipinski definition) is 1. The molecule has 0 spiro atoms.